The molecule has 1 aliphatic heterocycles. The number of nitrogens with one attached hydrogen (secondary N) is 1. The Balaban J connectivity index is 1.49. The van der Waals surface area contributed by atoms with Crippen molar-refractivity contribution in [1.29, 1.82) is 0 Å². The van der Waals surface area contributed by atoms with Gasteiger partial charge in [0.2, 0.25) is 0 Å². The molecule has 0 bridgehead atoms. The van der Waals surface area contributed by atoms with Gasteiger partial charge in [0.1, 0.15) is 11.5 Å². The van der Waals surface area contributed by atoms with Gasteiger partial charge in [-0.1, -0.05) is 20.8 Å². The Hall–Kier alpha value is -2.66. The maximum atomic E-state index is 11.7. The molecule has 3 heterocycles. The van der Waals surface area contributed by atoms with Crippen LogP contribution in [0.2, 0.25) is 0 Å². The van der Waals surface area contributed by atoms with Crippen LogP contribution in [0, 0.1) is 19.8 Å². The highest BCUT2D eigenvalue weighted by Gasteiger charge is 2.22. The maximum Gasteiger partial charge on any atom is 0.146 e. The maximum absolute atomic E-state index is 11.7. The second-order valence-electron chi connectivity index (χ2n) is 9.84. The van der Waals surface area contributed by atoms with Gasteiger partial charge in [0, 0.05) is 34.3 Å². The van der Waals surface area contributed by atoms with Crippen molar-refractivity contribution in [3.05, 3.63) is 47.3 Å². The second kappa shape index (κ2) is 10.1. The molecule has 0 aliphatic carbocycles. The summed E-state index contributed by atoms with van der Waals surface area (Å²) >= 11 is 0. The number of carbonyl (C=O) groups excluding carboxylic acids is 1. The van der Waals surface area contributed by atoms with E-state index in [1.54, 1.807) is 0 Å². The Labute approximate surface area is 197 Å². The number of ether oxygens (including phenoxy) is 1. The van der Waals surface area contributed by atoms with Crippen LogP contribution < -0.4 is 4.74 Å². The molecule has 176 valence electrons. The number of aromatic nitrogens is 2. The molecule has 1 aromatic carbocycles. The second-order valence-corrected chi connectivity index (χ2v) is 9.84. The lowest BCUT2D eigenvalue weighted by Gasteiger charge is -2.31. The van der Waals surface area contributed by atoms with Crippen molar-refractivity contribution in [3.63, 3.8) is 0 Å². The summed E-state index contributed by atoms with van der Waals surface area (Å²) in [7, 11) is 0. The Morgan fingerprint density at radius 1 is 1.15 bits per heavy atom. The van der Waals surface area contributed by atoms with Crippen molar-refractivity contribution in [2.75, 3.05) is 26.2 Å². The number of hydrogen-bond acceptors (Lipinski definition) is 4. The summed E-state index contributed by atoms with van der Waals surface area (Å²) < 4.78 is 6.27. The number of fused-ring (bicyclic) bond motifs is 1. The molecule has 4 rings (SSSR count). The molecule has 0 atom stereocenters. The van der Waals surface area contributed by atoms with E-state index in [1.165, 1.54) is 22.2 Å². The topological polar surface area (TPSA) is 58.2 Å². The van der Waals surface area contributed by atoms with E-state index in [1.807, 2.05) is 20.8 Å². The summed E-state index contributed by atoms with van der Waals surface area (Å²) in [5, 5.41) is 1.23. The number of pyridine rings is 1. The van der Waals surface area contributed by atoms with Gasteiger partial charge >= 0.3 is 0 Å². The average Bonchev–Trinajstić information content (AvgIpc) is 3.17. The third-order valence-electron chi connectivity index (χ3n) is 6.74. The standard InChI is InChI=1S/C28H37N3O2/c1-6-23(32)16-31-11-9-21(10-12-31)17-33-24-7-8-26-25(15-24)27(18(2)3)28(30-26)22-13-19(4)29-20(5)14-22/h7-8,13-15,18,21,30H,6,9-12,16-17H2,1-5H3. The summed E-state index contributed by atoms with van der Waals surface area (Å²) in [6, 6.07) is 10.7. The lowest BCUT2D eigenvalue weighted by molar-refractivity contribution is -0.120. The Bertz CT molecular complexity index is 1100. The van der Waals surface area contributed by atoms with E-state index in [4.69, 9.17) is 4.74 Å². The average molecular weight is 448 g/mol. The van der Waals surface area contributed by atoms with E-state index >= 15 is 0 Å². The van der Waals surface area contributed by atoms with Crippen LogP contribution in [0.25, 0.3) is 22.2 Å². The SMILES string of the molecule is CCC(=O)CN1CCC(COc2ccc3[nH]c(-c4cc(C)nc(C)c4)c(C(C)C)c3c2)CC1. The summed E-state index contributed by atoms with van der Waals surface area (Å²) in [4.78, 5) is 22.2. The molecule has 1 N–H and O–H groups in total. The van der Waals surface area contributed by atoms with Gasteiger partial charge in [-0.15, -0.1) is 0 Å². The zero-order chi connectivity index (χ0) is 23.5. The van der Waals surface area contributed by atoms with Crippen molar-refractivity contribution in [3.8, 4) is 17.0 Å². The first-order valence-corrected chi connectivity index (χ1v) is 12.3. The van der Waals surface area contributed by atoms with Crippen LogP contribution in [-0.2, 0) is 4.79 Å². The molecule has 5 heteroatoms. The minimum atomic E-state index is 0.335. The molecule has 1 saturated heterocycles. The van der Waals surface area contributed by atoms with Crippen molar-refractivity contribution in [1.82, 2.24) is 14.9 Å². The van der Waals surface area contributed by atoms with E-state index in [2.05, 4.69) is 59.0 Å². The van der Waals surface area contributed by atoms with Crippen LogP contribution >= 0.6 is 0 Å². The summed E-state index contributed by atoms with van der Waals surface area (Å²) in [6.45, 7) is 13.8. The zero-order valence-electron chi connectivity index (χ0n) is 20.7. The Morgan fingerprint density at radius 3 is 2.48 bits per heavy atom. The highest BCUT2D eigenvalue weighted by atomic mass is 16.5. The molecule has 2 aromatic heterocycles. The lowest BCUT2D eigenvalue weighted by Crippen LogP contribution is -2.38. The number of carbonyl (C=O) groups is 1. The number of nitrogens with zero attached hydrogens (tertiary/aromatic N) is 2. The van der Waals surface area contributed by atoms with Crippen molar-refractivity contribution >= 4 is 16.7 Å². The Morgan fingerprint density at radius 2 is 1.85 bits per heavy atom. The van der Waals surface area contributed by atoms with Gasteiger partial charge in [0.05, 0.1) is 18.8 Å². The third-order valence-corrected chi connectivity index (χ3v) is 6.74. The van der Waals surface area contributed by atoms with Gasteiger partial charge in [0.25, 0.3) is 0 Å². The van der Waals surface area contributed by atoms with E-state index in [0.717, 1.165) is 55.2 Å². The van der Waals surface area contributed by atoms with E-state index in [-0.39, 0.29) is 0 Å². The predicted octanol–water partition coefficient (Wildman–Crippen LogP) is 6.04. The number of aromatic amines is 1. The van der Waals surface area contributed by atoms with Crippen LogP contribution in [0.4, 0.5) is 0 Å². The first-order valence-electron chi connectivity index (χ1n) is 12.3. The molecule has 3 aromatic rings. The fourth-order valence-electron chi connectivity index (χ4n) is 4.97. The monoisotopic (exact) mass is 447 g/mol. The lowest BCUT2D eigenvalue weighted by atomic mass is 9.95. The van der Waals surface area contributed by atoms with Crippen LogP contribution in [-0.4, -0.2) is 46.9 Å². The highest BCUT2D eigenvalue weighted by molar-refractivity contribution is 5.92. The number of ketones is 1. The number of piperidine rings is 1. The van der Waals surface area contributed by atoms with Crippen LogP contribution in [0.1, 0.15) is 62.9 Å². The summed E-state index contributed by atoms with van der Waals surface area (Å²) in [6.07, 6.45) is 2.81. The van der Waals surface area contributed by atoms with E-state index < -0.39 is 0 Å². The van der Waals surface area contributed by atoms with Crippen LogP contribution in [0.3, 0.4) is 0 Å². The molecule has 1 aliphatic rings. The van der Waals surface area contributed by atoms with Gasteiger partial charge in [-0.05, 0) is 87.5 Å². The van der Waals surface area contributed by atoms with E-state index in [0.29, 0.717) is 30.6 Å². The minimum Gasteiger partial charge on any atom is -0.493 e. The number of aryl methyl sites for hydroxylation is 2. The number of H-pyrrole nitrogens is 1. The molecule has 0 saturated carbocycles. The number of hydrogen-bond donors (Lipinski definition) is 1. The molecular formula is C28H37N3O2. The van der Waals surface area contributed by atoms with Gasteiger partial charge in [-0.3, -0.25) is 14.7 Å². The quantitative estimate of drug-likeness (QED) is 0.457. The fraction of sp³-hybridized carbons (Fsp3) is 0.500. The van der Waals surface area contributed by atoms with Crippen LogP contribution in [0.5, 0.6) is 5.75 Å². The van der Waals surface area contributed by atoms with Gasteiger partial charge in [-0.2, -0.15) is 0 Å². The molecule has 33 heavy (non-hydrogen) atoms. The fourth-order valence-corrected chi connectivity index (χ4v) is 4.97. The molecule has 1 fully saturated rings. The molecule has 5 nitrogen and oxygen atoms in total. The van der Waals surface area contributed by atoms with Gasteiger partial charge < -0.3 is 9.72 Å². The third kappa shape index (κ3) is 5.47. The van der Waals surface area contributed by atoms with E-state index in [9.17, 15) is 4.79 Å². The normalized spacial score (nSPS) is 15.5. The summed E-state index contributed by atoms with van der Waals surface area (Å²) in [5.41, 5.74) is 6.91. The molecule has 0 spiro atoms. The smallest absolute Gasteiger partial charge is 0.146 e. The van der Waals surface area contributed by atoms with Crippen molar-refractivity contribution < 1.29 is 9.53 Å². The molecule has 0 amide bonds. The minimum absolute atomic E-state index is 0.335. The summed E-state index contributed by atoms with van der Waals surface area (Å²) in [5.74, 6) is 2.19. The largest absolute Gasteiger partial charge is 0.493 e. The Kier molecular flexibility index (Phi) is 7.18. The number of likely N-dealkylation sites (tertiary alicyclic amines) is 1. The van der Waals surface area contributed by atoms with Crippen LogP contribution in [0.15, 0.2) is 30.3 Å². The van der Waals surface area contributed by atoms with Gasteiger partial charge in [0.15, 0.2) is 0 Å². The predicted molar refractivity (Wildman–Crippen MR) is 135 cm³/mol. The number of benzene rings is 1. The van der Waals surface area contributed by atoms with Crippen molar-refractivity contribution in [2.45, 2.75) is 59.8 Å². The molecule has 0 unspecified atom stereocenters. The highest BCUT2D eigenvalue weighted by Crippen LogP contribution is 2.37. The van der Waals surface area contributed by atoms with Gasteiger partial charge in [-0.25, -0.2) is 0 Å². The first-order chi connectivity index (χ1) is 15.8. The zero-order valence-corrected chi connectivity index (χ0v) is 20.7. The molecular weight excluding hydrogens is 410 g/mol. The number of rotatable bonds is 8. The molecule has 0 radical (unpaired) electrons. The first kappa shape index (κ1) is 23.5. The van der Waals surface area contributed by atoms with Crippen molar-refractivity contribution in [2.24, 2.45) is 5.92 Å². The number of Topliss-reactive ketones (excluding diaryl/α,β-unsaturated/α-hetero) is 1.